The minimum absolute atomic E-state index is 0.148. The van der Waals surface area contributed by atoms with Crippen LogP contribution in [0, 0.1) is 20.8 Å². The molecule has 0 radical (unpaired) electrons. The fraction of sp³-hybridized carbons (Fsp3) is 0.429. The van der Waals surface area contributed by atoms with Crippen molar-refractivity contribution in [3.63, 3.8) is 0 Å². The van der Waals surface area contributed by atoms with Crippen LogP contribution in [0.5, 0.6) is 0 Å². The number of nitrogens with zero attached hydrogens (tertiary/aromatic N) is 3. The molecule has 0 aliphatic rings. The minimum Gasteiger partial charge on any atom is -0.341 e. The van der Waals surface area contributed by atoms with Gasteiger partial charge in [0.15, 0.2) is 5.11 Å². The van der Waals surface area contributed by atoms with E-state index in [2.05, 4.69) is 80.1 Å². The van der Waals surface area contributed by atoms with Gasteiger partial charge in [-0.25, -0.2) is 0 Å². The molecule has 5 heteroatoms. The first-order valence-corrected chi connectivity index (χ1v) is 9.40. The summed E-state index contributed by atoms with van der Waals surface area (Å²) in [7, 11) is 4.16. The second-order valence-corrected chi connectivity index (χ2v) is 7.55. The van der Waals surface area contributed by atoms with Gasteiger partial charge in [0, 0.05) is 31.2 Å². The number of likely N-dealkylation sites (N-methyl/N-ethyl adjacent to an activating group) is 1. The number of rotatable bonds is 6. The summed E-state index contributed by atoms with van der Waals surface area (Å²) in [5, 5.41) is 4.25. The molecule has 0 aliphatic heterocycles. The van der Waals surface area contributed by atoms with Crippen LogP contribution in [0.25, 0.3) is 0 Å². The molecule has 1 aromatic carbocycles. The summed E-state index contributed by atoms with van der Waals surface area (Å²) in [6.07, 6.45) is 3.72. The molecule has 0 amide bonds. The summed E-state index contributed by atoms with van der Waals surface area (Å²) in [5.74, 6) is 0. The average Bonchev–Trinajstić information content (AvgIpc) is 2.58. The molecule has 0 aliphatic carbocycles. The SMILES string of the molecule is Cc1cc(C)c(NC(=S)N(CCN(C)C)C(C)c2cccnc2)c(C)c1. The Balaban J connectivity index is 2.25. The van der Waals surface area contributed by atoms with E-state index in [9.17, 15) is 0 Å². The van der Waals surface area contributed by atoms with E-state index in [4.69, 9.17) is 12.2 Å². The van der Waals surface area contributed by atoms with Crippen molar-refractivity contribution in [1.82, 2.24) is 14.8 Å². The first-order valence-electron chi connectivity index (χ1n) is 8.99. The van der Waals surface area contributed by atoms with Crippen molar-refractivity contribution in [2.75, 3.05) is 32.5 Å². The molecule has 0 saturated carbocycles. The Morgan fingerprint density at radius 3 is 2.35 bits per heavy atom. The van der Waals surface area contributed by atoms with Gasteiger partial charge in [0.25, 0.3) is 0 Å². The van der Waals surface area contributed by atoms with Crippen LogP contribution < -0.4 is 5.32 Å². The Morgan fingerprint density at radius 2 is 1.81 bits per heavy atom. The molecule has 1 unspecified atom stereocenters. The van der Waals surface area contributed by atoms with Crippen LogP contribution in [-0.4, -0.2) is 47.1 Å². The first-order chi connectivity index (χ1) is 12.3. The van der Waals surface area contributed by atoms with Crippen molar-refractivity contribution >= 4 is 23.0 Å². The minimum atomic E-state index is 0.148. The van der Waals surface area contributed by atoms with Crippen LogP contribution >= 0.6 is 12.2 Å². The molecule has 2 rings (SSSR count). The van der Waals surface area contributed by atoms with Gasteiger partial charge >= 0.3 is 0 Å². The fourth-order valence-electron chi connectivity index (χ4n) is 3.14. The molecule has 140 valence electrons. The van der Waals surface area contributed by atoms with Crippen LogP contribution in [0.15, 0.2) is 36.7 Å². The Bertz CT molecular complexity index is 720. The molecular formula is C21H30N4S. The lowest BCUT2D eigenvalue weighted by molar-refractivity contribution is 0.289. The molecule has 4 nitrogen and oxygen atoms in total. The number of thiocarbonyl (C=S) groups is 1. The van der Waals surface area contributed by atoms with E-state index < -0.39 is 0 Å². The highest BCUT2D eigenvalue weighted by Crippen LogP contribution is 2.25. The van der Waals surface area contributed by atoms with Crippen LogP contribution in [0.2, 0.25) is 0 Å². The summed E-state index contributed by atoms with van der Waals surface area (Å²) >= 11 is 5.81. The third-order valence-corrected chi connectivity index (χ3v) is 4.93. The number of pyridine rings is 1. The number of nitrogens with one attached hydrogen (secondary N) is 1. The maximum Gasteiger partial charge on any atom is 0.173 e. The van der Waals surface area contributed by atoms with E-state index in [1.54, 1.807) is 6.20 Å². The van der Waals surface area contributed by atoms with Crippen LogP contribution in [0.4, 0.5) is 5.69 Å². The normalized spacial score (nSPS) is 12.1. The predicted molar refractivity (Wildman–Crippen MR) is 115 cm³/mol. The molecule has 1 aromatic heterocycles. The smallest absolute Gasteiger partial charge is 0.173 e. The van der Waals surface area contributed by atoms with Gasteiger partial charge in [-0.1, -0.05) is 23.8 Å². The van der Waals surface area contributed by atoms with E-state index in [1.165, 1.54) is 16.7 Å². The second kappa shape index (κ2) is 9.10. The van der Waals surface area contributed by atoms with Gasteiger partial charge < -0.3 is 15.1 Å². The summed E-state index contributed by atoms with van der Waals surface area (Å²) in [6.45, 7) is 10.3. The lowest BCUT2D eigenvalue weighted by Crippen LogP contribution is -2.41. The zero-order valence-corrected chi connectivity index (χ0v) is 17.5. The molecule has 1 heterocycles. The first kappa shape index (κ1) is 20.3. The largest absolute Gasteiger partial charge is 0.341 e. The fourth-order valence-corrected chi connectivity index (χ4v) is 3.49. The number of hydrogen-bond donors (Lipinski definition) is 1. The molecule has 0 fully saturated rings. The highest BCUT2D eigenvalue weighted by molar-refractivity contribution is 7.80. The number of aromatic nitrogens is 1. The van der Waals surface area contributed by atoms with Crippen molar-refractivity contribution in [3.8, 4) is 0 Å². The van der Waals surface area contributed by atoms with E-state index in [-0.39, 0.29) is 6.04 Å². The highest BCUT2D eigenvalue weighted by atomic mass is 32.1. The highest BCUT2D eigenvalue weighted by Gasteiger charge is 2.20. The molecule has 0 bridgehead atoms. The maximum absolute atomic E-state index is 5.81. The van der Waals surface area contributed by atoms with Crippen molar-refractivity contribution in [2.45, 2.75) is 33.7 Å². The molecule has 1 atom stereocenters. The zero-order valence-electron chi connectivity index (χ0n) is 16.7. The predicted octanol–water partition coefficient (Wildman–Crippen LogP) is 4.33. The van der Waals surface area contributed by atoms with E-state index in [0.717, 1.165) is 29.5 Å². The Hall–Kier alpha value is -1.98. The van der Waals surface area contributed by atoms with E-state index in [0.29, 0.717) is 0 Å². The molecule has 26 heavy (non-hydrogen) atoms. The van der Waals surface area contributed by atoms with Gasteiger partial charge in [-0.15, -0.1) is 0 Å². The monoisotopic (exact) mass is 370 g/mol. The Labute approximate surface area is 163 Å². The summed E-state index contributed by atoms with van der Waals surface area (Å²) in [4.78, 5) is 8.68. The van der Waals surface area contributed by atoms with Gasteiger partial charge in [-0.05, 0) is 76.8 Å². The van der Waals surface area contributed by atoms with E-state index in [1.807, 2.05) is 12.3 Å². The third-order valence-electron chi connectivity index (χ3n) is 4.59. The van der Waals surface area contributed by atoms with Gasteiger partial charge in [-0.2, -0.15) is 0 Å². The molecular weight excluding hydrogens is 340 g/mol. The lowest BCUT2D eigenvalue weighted by atomic mass is 10.1. The van der Waals surface area contributed by atoms with Gasteiger partial charge in [-0.3, -0.25) is 4.98 Å². The number of aryl methyl sites for hydroxylation is 3. The van der Waals surface area contributed by atoms with Gasteiger partial charge in [0.2, 0.25) is 0 Å². The van der Waals surface area contributed by atoms with Crippen molar-refractivity contribution < 1.29 is 0 Å². The number of benzene rings is 1. The standard InChI is InChI=1S/C21H30N4S/c1-15-12-16(2)20(17(3)13-15)23-21(26)25(11-10-24(5)6)18(4)19-8-7-9-22-14-19/h7-9,12-14,18H,10-11H2,1-6H3,(H,23,26). The molecule has 1 N–H and O–H groups in total. The zero-order chi connectivity index (χ0) is 19.3. The summed E-state index contributed by atoms with van der Waals surface area (Å²) in [5.41, 5.74) is 5.96. The van der Waals surface area contributed by atoms with Gasteiger partial charge in [0.1, 0.15) is 0 Å². The topological polar surface area (TPSA) is 31.4 Å². The third kappa shape index (κ3) is 5.26. The number of hydrogen-bond acceptors (Lipinski definition) is 3. The quantitative estimate of drug-likeness (QED) is 0.765. The molecule has 2 aromatic rings. The second-order valence-electron chi connectivity index (χ2n) is 7.16. The van der Waals surface area contributed by atoms with Crippen molar-refractivity contribution in [3.05, 3.63) is 58.9 Å². The van der Waals surface area contributed by atoms with Crippen LogP contribution in [0.1, 0.15) is 35.2 Å². The average molecular weight is 371 g/mol. The van der Waals surface area contributed by atoms with Gasteiger partial charge in [0.05, 0.1) is 6.04 Å². The van der Waals surface area contributed by atoms with Crippen molar-refractivity contribution in [2.24, 2.45) is 0 Å². The summed E-state index contributed by atoms with van der Waals surface area (Å²) < 4.78 is 0. The Morgan fingerprint density at radius 1 is 1.15 bits per heavy atom. The van der Waals surface area contributed by atoms with Crippen LogP contribution in [0.3, 0.4) is 0 Å². The summed E-state index contributed by atoms with van der Waals surface area (Å²) in [6, 6.07) is 8.60. The number of anilines is 1. The Kier molecular flexibility index (Phi) is 7.12. The molecule has 0 saturated heterocycles. The van der Waals surface area contributed by atoms with Crippen LogP contribution in [-0.2, 0) is 0 Å². The maximum atomic E-state index is 5.81. The van der Waals surface area contributed by atoms with E-state index >= 15 is 0 Å². The lowest BCUT2D eigenvalue weighted by Gasteiger charge is -2.33. The van der Waals surface area contributed by atoms with Crippen molar-refractivity contribution in [1.29, 1.82) is 0 Å². The molecule has 0 spiro atoms.